The molecule has 284 valence electrons. The number of piperazine rings is 1. The Balaban J connectivity index is 0.000000199. The van der Waals surface area contributed by atoms with Gasteiger partial charge in [-0.15, -0.1) is 24.2 Å². The van der Waals surface area contributed by atoms with Crippen molar-refractivity contribution in [2.75, 3.05) is 60.1 Å². The minimum atomic E-state index is -1.26. The van der Waals surface area contributed by atoms with Crippen molar-refractivity contribution in [1.29, 1.82) is 0 Å². The fourth-order valence-corrected chi connectivity index (χ4v) is 8.17. The van der Waals surface area contributed by atoms with E-state index in [2.05, 4.69) is 151 Å². The Hall–Kier alpha value is -4.09. The summed E-state index contributed by atoms with van der Waals surface area (Å²) < 4.78 is 0. The van der Waals surface area contributed by atoms with Crippen LogP contribution >= 0.6 is 35.9 Å². The van der Waals surface area contributed by atoms with Crippen LogP contribution in [0.15, 0.2) is 124 Å². The molecule has 1 fully saturated rings. The number of hydrogen-bond donors (Lipinski definition) is 2. The van der Waals surface area contributed by atoms with Gasteiger partial charge in [-0.1, -0.05) is 96.7 Å². The zero-order valence-corrected chi connectivity index (χ0v) is 33.8. The van der Waals surface area contributed by atoms with Crippen LogP contribution in [0.25, 0.3) is 17.7 Å². The molecular formula is C44H50ClN3O4S2. The monoisotopic (exact) mass is 783 g/mol. The summed E-state index contributed by atoms with van der Waals surface area (Å²) in [7, 11) is 6.47. The minimum Gasteiger partial charge on any atom is -0.478 e. The van der Waals surface area contributed by atoms with Gasteiger partial charge in [0, 0.05) is 65.6 Å². The molecule has 7 rings (SSSR count). The zero-order valence-electron chi connectivity index (χ0n) is 31.4. The van der Waals surface area contributed by atoms with Gasteiger partial charge < -0.3 is 20.0 Å². The van der Waals surface area contributed by atoms with Crippen molar-refractivity contribution in [1.82, 2.24) is 14.7 Å². The summed E-state index contributed by atoms with van der Waals surface area (Å²) in [5.41, 5.74) is 9.62. The molecule has 4 aromatic carbocycles. The topological polar surface area (TPSA) is 84.3 Å². The summed E-state index contributed by atoms with van der Waals surface area (Å²) >= 11 is 3.79. The molecule has 2 heterocycles. The Morgan fingerprint density at radius 3 is 1.96 bits per heavy atom. The first-order chi connectivity index (χ1) is 25.6. The zero-order chi connectivity index (χ0) is 37.7. The summed E-state index contributed by atoms with van der Waals surface area (Å²) in [5, 5.41) is 15.6. The van der Waals surface area contributed by atoms with Gasteiger partial charge in [0.25, 0.3) is 0 Å². The number of carbonyl (C=O) groups is 2. The lowest BCUT2D eigenvalue weighted by molar-refractivity contribution is -0.134. The molecule has 2 N–H and O–H groups in total. The van der Waals surface area contributed by atoms with Gasteiger partial charge in [0.1, 0.15) is 0 Å². The SMILES string of the molecule is CN(C)CCC=C1c2ccccc2C=Cc2ccccc21.CSc1ccc2c(c1)C(N1CCN(C)CC1)Cc1ccccc1S2.Cl.O=C(O)C=CC(=O)O. The summed E-state index contributed by atoms with van der Waals surface area (Å²) in [6.45, 7) is 5.74. The van der Waals surface area contributed by atoms with Crippen LogP contribution in [0.5, 0.6) is 0 Å². The molecule has 0 saturated carbocycles. The van der Waals surface area contributed by atoms with E-state index in [1.54, 1.807) is 0 Å². The van der Waals surface area contributed by atoms with Gasteiger partial charge in [0.15, 0.2) is 0 Å². The molecule has 10 heteroatoms. The number of benzene rings is 4. The number of likely N-dealkylation sites (N-methyl/N-ethyl adjacent to an activating group) is 1. The lowest BCUT2D eigenvalue weighted by atomic mass is 9.93. The number of hydrogen-bond acceptors (Lipinski definition) is 7. The molecule has 2 aliphatic heterocycles. The van der Waals surface area contributed by atoms with Gasteiger partial charge in [-0.2, -0.15) is 0 Å². The van der Waals surface area contributed by atoms with Gasteiger partial charge >= 0.3 is 11.9 Å². The first kappa shape index (κ1) is 42.6. The number of halogens is 1. The van der Waals surface area contributed by atoms with Gasteiger partial charge in [0.2, 0.25) is 0 Å². The first-order valence-electron chi connectivity index (χ1n) is 17.8. The van der Waals surface area contributed by atoms with Crippen LogP contribution in [-0.4, -0.2) is 97.0 Å². The highest BCUT2D eigenvalue weighted by Gasteiger charge is 2.29. The van der Waals surface area contributed by atoms with E-state index in [1.807, 2.05) is 23.5 Å². The maximum absolute atomic E-state index is 9.55. The summed E-state index contributed by atoms with van der Waals surface area (Å²) in [6.07, 6.45) is 12.3. The molecule has 7 nitrogen and oxygen atoms in total. The van der Waals surface area contributed by atoms with Crippen molar-refractivity contribution in [2.24, 2.45) is 0 Å². The van der Waals surface area contributed by atoms with Crippen LogP contribution in [0.3, 0.4) is 0 Å². The molecule has 0 radical (unpaired) electrons. The molecule has 54 heavy (non-hydrogen) atoms. The highest BCUT2D eigenvalue weighted by molar-refractivity contribution is 7.99. The smallest absolute Gasteiger partial charge is 0.328 e. The van der Waals surface area contributed by atoms with E-state index in [0.29, 0.717) is 18.2 Å². The molecule has 1 aliphatic carbocycles. The van der Waals surface area contributed by atoms with E-state index in [4.69, 9.17) is 10.2 Å². The highest BCUT2D eigenvalue weighted by Crippen LogP contribution is 2.44. The molecule has 0 bridgehead atoms. The van der Waals surface area contributed by atoms with Gasteiger partial charge in [0.05, 0.1) is 0 Å². The molecule has 0 amide bonds. The normalized spacial score (nSPS) is 16.1. The Labute approximate surface area is 334 Å². The Morgan fingerprint density at radius 2 is 1.39 bits per heavy atom. The van der Waals surface area contributed by atoms with E-state index in [9.17, 15) is 9.59 Å². The van der Waals surface area contributed by atoms with Crippen molar-refractivity contribution in [3.63, 3.8) is 0 Å². The quantitative estimate of drug-likeness (QED) is 0.124. The highest BCUT2D eigenvalue weighted by atomic mass is 35.5. The van der Waals surface area contributed by atoms with Crippen LogP contribution in [-0.2, 0) is 16.0 Å². The summed E-state index contributed by atoms with van der Waals surface area (Å²) in [6, 6.07) is 33.8. The first-order valence-corrected chi connectivity index (χ1v) is 19.9. The molecule has 0 spiro atoms. The van der Waals surface area contributed by atoms with Crippen molar-refractivity contribution < 1.29 is 19.8 Å². The van der Waals surface area contributed by atoms with Gasteiger partial charge in [-0.25, -0.2) is 9.59 Å². The minimum absolute atomic E-state index is 0. The predicted molar refractivity (Wildman–Crippen MR) is 228 cm³/mol. The molecule has 0 aromatic heterocycles. The molecule has 4 aromatic rings. The number of carboxylic acids is 2. The van der Waals surface area contributed by atoms with Gasteiger partial charge in [-0.3, -0.25) is 4.90 Å². The van der Waals surface area contributed by atoms with Crippen LogP contribution in [0.2, 0.25) is 0 Å². The number of rotatable bonds is 7. The molecular weight excluding hydrogens is 734 g/mol. The number of fused-ring (bicyclic) bond motifs is 4. The van der Waals surface area contributed by atoms with Crippen molar-refractivity contribution in [3.05, 3.63) is 143 Å². The standard InChI is InChI=1S/C20H24N2S2.C20H21N.C4H4O4.ClH/c1-21-9-11-22(12-10-21)18-13-15-5-3-4-6-19(15)24-20-8-7-16(23-2)14-17(18)20;1-21(2)15-7-12-20-18-10-5-3-8-16(18)13-14-17-9-4-6-11-19(17)20;5-3(6)1-2-4(7)8;/h3-8,14,18H,9-13H2,1-2H3;3-6,8-14H,7,15H2,1-2H3;1-2H,(H,5,6)(H,7,8);1H. The average Bonchev–Trinajstić information content (AvgIpc) is 3.42. The largest absolute Gasteiger partial charge is 0.478 e. The molecule has 1 atom stereocenters. The maximum Gasteiger partial charge on any atom is 0.328 e. The second-order valence-corrected chi connectivity index (χ2v) is 15.4. The summed E-state index contributed by atoms with van der Waals surface area (Å²) in [4.78, 5) is 30.7. The lowest BCUT2D eigenvalue weighted by Crippen LogP contribution is -2.46. The van der Waals surface area contributed by atoms with Crippen LogP contribution in [0, 0.1) is 0 Å². The van der Waals surface area contributed by atoms with Crippen molar-refractivity contribution >= 4 is 65.6 Å². The Bertz CT molecular complexity index is 1900. The number of aliphatic carboxylic acids is 2. The third kappa shape index (κ3) is 12.0. The number of nitrogens with zero attached hydrogens (tertiary/aromatic N) is 3. The van der Waals surface area contributed by atoms with E-state index < -0.39 is 11.9 Å². The second-order valence-electron chi connectivity index (χ2n) is 13.4. The fourth-order valence-electron chi connectivity index (χ4n) is 6.60. The number of thioether (sulfide) groups is 1. The maximum atomic E-state index is 9.55. The van der Waals surface area contributed by atoms with E-state index in [1.165, 1.54) is 66.7 Å². The van der Waals surface area contributed by atoms with Crippen LogP contribution in [0.1, 0.15) is 45.8 Å². The third-order valence-corrected chi connectivity index (χ3v) is 11.3. The average molecular weight is 784 g/mol. The van der Waals surface area contributed by atoms with Crippen LogP contribution in [0.4, 0.5) is 0 Å². The van der Waals surface area contributed by atoms with E-state index >= 15 is 0 Å². The lowest BCUT2D eigenvalue weighted by Gasteiger charge is -2.38. The van der Waals surface area contributed by atoms with Crippen molar-refractivity contribution in [3.8, 4) is 0 Å². The third-order valence-electron chi connectivity index (χ3n) is 9.40. The predicted octanol–water partition coefficient (Wildman–Crippen LogP) is 9.09. The van der Waals surface area contributed by atoms with E-state index in [-0.39, 0.29) is 12.4 Å². The fraction of sp³-hybridized carbons (Fsp3) is 0.273. The second kappa shape index (κ2) is 21.1. The van der Waals surface area contributed by atoms with Crippen molar-refractivity contribution in [2.45, 2.75) is 33.6 Å². The van der Waals surface area contributed by atoms with Crippen LogP contribution < -0.4 is 0 Å². The molecule has 3 aliphatic rings. The number of carboxylic acid groups (broad SMARTS) is 2. The van der Waals surface area contributed by atoms with E-state index in [0.717, 1.165) is 32.5 Å². The Kier molecular flexibility index (Phi) is 16.7. The summed E-state index contributed by atoms with van der Waals surface area (Å²) in [5.74, 6) is -2.51. The van der Waals surface area contributed by atoms with Gasteiger partial charge in [-0.05, 0) is 103 Å². The molecule has 1 saturated heterocycles. The Morgan fingerprint density at radius 1 is 0.815 bits per heavy atom. The molecule has 1 unspecified atom stereocenters.